The van der Waals surface area contributed by atoms with Crippen molar-refractivity contribution in [1.82, 2.24) is 9.88 Å². The van der Waals surface area contributed by atoms with Crippen LogP contribution in [-0.4, -0.2) is 17.0 Å². The maximum absolute atomic E-state index is 13.1. The first-order valence-electron chi connectivity index (χ1n) is 8.24. The standard InChI is InChI=1S/C20H19FN2O/c1-13-2-7-18-17(10-13)16-8-9-22-12-19(16)23(18)20(24)11-14-3-5-15(21)6-4-14/h2-7,10,22H,8-9,11-12H2,1H3. The molecule has 1 aliphatic heterocycles. The molecule has 1 aromatic heterocycles. The molecule has 4 rings (SSSR count). The van der Waals surface area contributed by atoms with Gasteiger partial charge in [0.05, 0.1) is 11.9 Å². The van der Waals surface area contributed by atoms with Crippen LogP contribution in [0.5, 0.6) is 0 Å². The molecule has 0 fully saturated rings. The fourth-order valence-electron chi connectivity index (χ4n) is 3.55. The predicted octanol–water partition coefficient (Wildman–Crippen LogP) is 3.62. The van der Waals surface area contributed by atoms with Crippen LogP contribution in [0.25, 0.3) is 10.9 Å². The predicted molar refractivity (Wildman–Crippen MR) is 92.8 cm³/mol. The van der Waals surface area contributed by atoms with Crippen LogP contribution in [0.1, 0.15) is 27.2 Å². The Balaban J connectivity index is 1.80. The van der Waals surface area contributed by atoms with E-state index in [1.807, 2.05) is 16.7 Å². The number of aromatic nitrogens is 1. The number of aryl methyl sites for hydroxylation is 1. The fraction of sp³-hybridized carbons (Fsp3) is 0.250. The number of nitrogens with zero attached hydrogens (tertiary/aromatic N) is 1. The number of hydrogen-bond acceptors (Lipinski definition) is 2. The van der Waals surface area contributed by atoms with E-state index >= 15 is 0 Å². The molecule has 2 heterocycles. The van der Waals surface area contributed by atoms with Gasteiger partial charge in [-0.3, -0.25) is 9.36 Å². The Morgan fingerprint density at radius 1 is 1.21 bits per heavy atom. The van der Waals surface area contributed by atoms with Gasteiger partial charge in [-0.05, 0) is 55.3 Å². The number of benzene rings is 2. The Hall–Kier alpha value is -2.46. The van der Waals surface area contributed by atoms with E-state index in [-0.39, 0.29) is 18.1 Å². The summed E-state index contributed by atoms with van der Waals surface area (Å²) in [5.74, 6) is -0.255. The minimum Gasteiger partial charge on any atom is -0.311 e. The van der Waals surface area contributed by atoms with Gasteiger partial charge in [0, 0.05) is 17.6 Å². The van der Waals surface area contributed by atoms with E-state index in [0.717, 1.165) is 29.7 Å². The van der Waals surface area contributed by atoms with Crippen LogP contribution in [0.4, 0.5) is 4.39 Å². The van der Waals surface area contributed by atoms with Crippen LogP contribution >= 0.6 is 0 Å². The zero-order valence-electron chi connectivity index (χ0n) is 13.6. The minimum atomic E-state index is -0.283. The van der Waals surface area contributed by atoms with E-state index in [1.54, 1.807) is 12.1 Å². The lowest BCUT2D eigenvalue weighted by molar-refractivity contribution is 0.0915. The molecule has 4 heteroatoms. The summed E-state index contributed by atoms with van der Waals surface area (Å²) >= 11 is 0. The molecule has 24 heavy (non-hydrogen) atoms. The molecule has 3 aromatic rings. The van der Waals surface area contributed by atoms with Crippen molar-refractivity contribution in [3.63, 3.8) is 0 Å². The molecule has 0 aliphatic carbocycles. The van der Waals surface area contributed by atoms with Gasteiger partial charge in [-0.1, -0.05) is 23.8 Å². The number of halogens is 1. The van der Waals surface area contributed by atoms with Crippen LogP contribution in [0.3, 0.4) is 0 Å². The van der Waals surface area contributed by atoms with Gasteiger partial charge in [-0.2, -0.15) is 0 Å². The SMILES string of the molecule is Cc1ccc2c(c1)c1c(n2C(=O)Cc2ccc(F)cc2)CNCC1. The van der Waals surface area contributed by atoms with E-state index in [1.165, 1.54) is 28.6 Å². The van der Waals surface area contributed by atoms with Crippen molar-refractivity contribution in [2.75, 3.05) is 6.54 Å². The summed E-state index contributed by atoms with van der Waals surface area (Å²) in [4.78, 5) is 13.0. The Morgan fingerprint density at radius 2 is 2.00 bits per heavy atom. The van der Waals surface area contributed by atoms with Gasteiger partial charge in [0.15, 0.2) is 0 Å². The largest absolute Gasteiger partial charge is 0.311 e. The molecular weight excluding hydrogens is 303 g/mol. The van der Waals surface area contributed by atoms with E-state index in [0.29, 0.717) is 6.54 Å². The topological polar surface area (TPSA) is 34.0 Å². The third-order valence-corrected chi connectivity index (χ3v) is 4.70. The molecule has 3 nitrogen and oxygen atoms in total. The summed E-state index contributed by atoms with van der Waals surface area (Å²) in [6.07, 6.45) is 1.20. The van der Waals surface area contributed by atoms with Gasteiger partial charge >= 0.3 is 0 Å². The number of nitrogens with one attached hydrogen (secondary N) is 1. The zero-order valence-corrected chi connectivity index (χ0v) is 13.6. The van der Waals surface area contributed by atoms with Gasteiger partial charge in [-0.15, -0.1) is 0 Å². The lowest BCUT2D eigenvalue weighted by Gasteiger charge is -2.16. The maximum Gasteiger partial charge on any atom is 0.235 e. The van der Waals surface area contributed by atoms with Crippen molar-refractivity contribution in [3.05, 3.63) is 70.7 Å². The number of carbonyl (C=O) groups excluding carboxylic acids is 1. The van der Waals surface area contributed by atoms with Gasteiger partial charge in [-0.25, -0.2) is 4.39 Å². The molecule has 0 saturated carbocycles. The fourth-order valence-corrected chi connectivity index (χ4v) is 3.55. The van der Waals surface area contributed by atoms with Crippen LogP contribution in [0.15, 0.2) is 42.5 Å². The Bertz CT molecular complexity index is 925. The first-order valence-corrected chi connectivity index (χ1v) is 8.24. The van der Waals surface area contributed by atoms with Crippen molar-refractivity contribution >= 4 is 16.8 Å². The van der Waals surface area contributed by atoms with Crippen LogP contribution in [0.2, 0.25) is 0 Å². The molecule has 0 bridgehead atoms. The number of fused-ring (bicyclic) bond motifs is 3. The molecule has 0 atom stereocenters. The highest BCUT2D eigenvalue weighted by Crippen LogP contribution is 2.29. The highest BCUT2D eigenvalue weighted by atomic mass is 19.1. The summed E-state index contributed by atoms with van der Waals surface area (Å²) in [6, 6.07) is 12.4. The molecule has 0 spiro atoms. The summed E-state index contributed by atoms with van der Waals surface area (Å²) in [5.41, 5.74) is 5.34. The Labute approximate surface area is 140 Å². The highest BCUT2D eigenvalue weighted by Gasteiger charge is 2.23. The quantitative estimate of drug-likeness (QED) is 0.782. The van der Waals surface area contributed by atoms with E-state index in [4.69, 9.17) is 0 Å². The van der Waals surface area contributed by atoms with E-state index in [9.17, 15) is 9.18 Å². The number of carbonyl (C=O) groups is 1. The first kappa shape index (κ1) is 15.1. The van der Waals surface area contributed by atoms with Gasteiger partial charge < -0.3 is 5.32 Å². The lowest BCUT2D eigenvalue weighted by atomic mass is 10.0. The van der Waals surface area contributed by atoms with E-state index < -0.39 is 0 Å². The molecule has 122 valence electrons. The lowest BCUT2D eigenvalue weighted by Crippen LogP contribution is -2.27. The van der Waals surface area contributed by atoms with Crippen LogP contribution in [0, 0.1) is 12.7 Å². The van der Waals surface area contributed by atoms with Crippen molar-refractivity contribution in [2.24, 2.45) is 0 Å². The number of rotatable bonds is 2. The van der Waals surface area contributed by atoms with Gasteiger partial charge in [0.1, 0.15) is 5.82 Å². The van der Waals surface area contributed by atoms with Crippen molar-refractivity contribution in [1.29, 1.82) is 0 Å². The van der Waals surface area contributed by atoms with E-state index in [2.05, 4.69) is 18.3 Å². The smallest absolute Gasteiger partial charge is 0.235 e. The highest BCUT2D eigenvalue weighted by molar-refractivity contribution is 5.97. The van der Waals surface area contributed by atoms with Crippen LogP contribution < -0.4 is 5.32 Å². The molecule has 0 unspecified atom stereocenters. The first-order chi connectivity index (χ1) is 11.6. The summed E-state index contributed by atoms with van der Waals surface area (Å²) in [7, 11) is 0. The minimum absolute atomic E-state index is 0.0282. The average Bonchev–Trinajstić information content (AvgIpc) is 2.91. The molecule has 1 aliphatic rings. The summed E-state index contributed by atoms with van der Waals surface area (Å²) in [6.45, 7) is 3.72. The van der Waals surface area contributed by atoms with Crippen molar-refractivity contribution in [2.45, 2.75) is 26.3 Å². The summed E-state index contributed by atoms with van der Waals surface area (Å²) in [5, 5.41) is 4.54. The average molecular weight is 322 g/mol. The maximum atomic E-state index is 13.1. The Morgan fingerprint density at radius 3 is 2.79 bits per heavy atom. The zero-order chi connectivity index (χ0) is 16.7. The Kier molecular flexibility index (Phi) is 3.69. The monoisotopic (exact) mass is 322 g/mol. The second kappa shape index (κ2) is 5.87. The number of hydrogen-bond donors (Lipinski definition) is 1. The normalized spacial score (nSPS) is 13.9. The van der Waals surface area contributed by atoms with Crippen molar-refractivity contribution in [3.8, 4) is 0 Å². The second-order valence-electron chi connectivity index (χ2n) is 6.41. The molecule has 2 aromatic carbocycles. The molecule has 1 N–H and O–H groups in total. The second-order valence-corrected chi connectivity index (χ2v) is 6.41. The molecular formula is C20H19FN2O. The van der Waals surface area contributed by atoms with Crippen molar-refractivity contribution < 1.29 is 9.18 Å². The molecule has 0 radical (unpaired) electrons. The van der Waals surface area contributed by atoms with Gasteiger partial charge in [0.2, 0.25) is 5.91 Å². The van der Waals surface area contributed by atoms with Gasteiger partial charge in [0.25, 0.3) is 0 Å². The molecule has 0 amide bonds. The van der Waals surface area contributed by atoms with Crippen LogP contribution in [-0.2, 0) is 19.4 Å². The molecule has 0 saturated heterocycles. The third kappa shape index (κ3) is 2.53. The third-order valence-electron chi connectivity index (χ3n) is 4.70. The summed E-state index contributed by atoms with van der Waals surface area (Å²) < 4.78 is 14.9.